The van der Waals surface area contributed by atoms with Gasteiger partial charge in [0.2, 0.25) is 10.0 Å². The predicted octanol–water partition coefficient (Wildman–Crippen LogP) is 0.643. The first-order valence-corrected chi connectivity index (χ1v) is 9.52. The SMILES string of the molecule is C[C@@H]1CN(S(=O)(=O)c2ccc(OCc3ncnn3C)cc2)C[C@H]1CO. The lowest BCUT2D eigenvalue weighted by molar-refractivity contribution is 0.210. The lowest BCUT2D eigenvalue weighted by Gasteiger charge is -2.16. The number of sulfonamides is 1. The number of aliphatic hydroxyl groups is 1. The normalized spacial score (nSPS) is 21.6. The lowest BCUT2D eigenvalue weighted by atomic mass is 10.00. The number of aliphatic hydroxyl groups excluding tert-OH is 1. The first-order chi connectivity index (χ1) is 11.9. The Kier molecular flexibility index (Phi) is 5.07. The zero-order chi connectivity index (χ0) is 18.0. The maximum Gasteiger partial charge on any atom is 0.243 e. The molecule has 0 bridgehead atoms. The second-order valence-corrected chi connectivity index (χ2v) is 8.24. The number of hydrogen-bond acceptors (Lipinski definition) is 6. The summed E-state index contributed by atoms with van der Waals surface area (Å²) >= 11 is 0. The fraction of sp³-hybridized carbons (Fsp3) is 0.500. The van der Waals surface area contributed by atoms with E-state index in [1.165, 1.54) is 22.8 Å². The van der Waals surface area contributed by atoms with Gasteiger partial charge in [-0.3, -0.25) is 4.68 Å². The molecule has 8 nitrogen and oxygen atoms in total. The predicted molar refractivity (Wildman–Crippen MR) is 90.3 cm³/mol. The molecule has 0 amide bonds. The Hall–Kier alpha value is -1.97. The molecule has 2 aromatic rings. The molecule has 0 unspecified atom stereocenters. The van der Waals surface area contributed by atoms with Crippen LogP contribution in [-0.2, 0) is 23.7 Å². The number of aromatic nitrogens is 3. The van der Waals surface area contributed by atoms with E-state index in [-0.39, 0.29) is 29.9 Å². The van der Waals surface area contributed by atoms with E-state index in [0.717, 1.165) is 0 Å². The molecule has 1 aliphatic heterocycles. The van der Waals surface area contributed by atoms with Crippen molar-refractivity contribution in [1.82, 2.24) is 19.1 Å². The van der Waals surface area contributed by atoms with Crippen molar-refractivity contribution in [2.24, 2.45) is 18.9 Å². The van der Waals surface area contributed by atoms with Crippen LogP contribution in [0.15, 0.2) is 35.5 Å². The number of benzene rings is 1. The van der Waals surface area contributed by atoms with Gasteiger partial charge in [0.25, 0.3) is 0 Å². The fourth-order valence-electron chi connectivity index (χ4n) is 2.88. The van der Waals surface area contributed by atoms with Crippen LogP contribution in [0.2, 0.25) is 0 Å². The summed E-state index contributed by atoms with van der Waals surface area (Å²) in [7, 11) is -1.78. The van der Waals surface area contributed by atoms with Crippen molar-refractivity contribution in [3.8, 4) is 5.75 Å². The van der Waals surface area contributed by atoms with Gasteiger partial charge in [-0.05, 0) is 36.1 Å². The Morgan fingerprint density at radius 2 is 2.00 bits per heavy atom. The number of hydrogen-bond donors (Lipinski definition) is 1. The van der Waals surface area contributed by atoms with E-state index < -0.39 is 10.0 Å². The summed E-state index contributed by atoms with van der Waals surface area (Å²) in [5, 5.41) is 13.3. The van der Waals surface area contributed by atoms with Gasteiger partial charge in [0, 0.05) is 26.7 Å². The first-order valence-electron chi connectivity index (χ1n) is 8.08. The van der Waals surface area contributed by atoms with Crippen LogP contribution >= 0.6 is 0 Å². The minimum atomic E-state index is -3.56. The monoisotopic (exact) mass is 366 g/mol. The van der Waals surface area contributed by atoms with Crippen LogP contribution in [0.4, 0.5) is 0 Å². The van der Waals surface area contributed by atoms with Gasteiger partial charge < -0.3 is 9.84 Å². The Morgan fingerprint density at radius 3 is 2.56 bits per heavy atom. The second-order valence-electron chi connectivity index (χ2n) is 6.30. The topological polar surface area (TPSA) is 97.5 Å². The second kappa shape index (κ2) is 7.11. The zero-order valence-electron chi connectivity index (χ0n) is 14.2. The summed E-state index contributed by atoms with van der Waals surface area (Å²) in [5.41, 5.74) is 0. The molecule has 25 heavy (non-hydrogen) atoms. The number of rotatable bonds is 6. The third kappa shape index (κ3) is 3.68. The Morgan fingerprint density at radius 1 is 1.28 bits per heavy atom. The minimum absolute atomic E-state index is 0.00200. The average molecular weight is 366 g/mol. The smallest absolute Gasteiger partial charge is 0.243 e. The summed E-state index contributed by atoms with van der Waals surface area (Å²) < 4.78 is 34.1. The molecule has 0 saturated carbocycles. The molecule has 1 aromatic carbocycles. The van der Waals surface area contributed by atoms with Crippen molar-refractivity contribution in [2.45, 2.75) is 18.4 Å². The van der Waals surface area contributed by atoms with Gasteiger partial charge in [0.05, 0.1) is 4.90 Å². The van der Waals surface area contributed by atoms with Crippen LogP contribution in [0, 0.1) is 11.8 Å². The van der Waals surface area contributed by atoms with Crippen LogP contribution in [0.5, 0.6) is 5.75 Å². The standard InChI is InChI=1S/C16H22N4O4S/c1-12-7-20(8-13(12)9-21)25(22,23)15-5-3-14(4-6-15)24-10-16-17-11-18-19(16)2/h3-6,11-13,21H,7-10H2,1-2H3/t12-,13+/m1/s1. The summed E-state index contributed by atoms with van der Waals surface area (Å²) in [6.07, 6.45) is 1.45. The lowest BCUT2D eigenvalue weighted by Crippen LogP contribution is -2.29. The highest BCUT2D eigenvalue weighted by Gasteiger charge is 2.36. The van der Waals surface area contributed by atoms with Crippen molar-refractivity contribution in [3.05, 3.63) is 36.4 Å². The molecule has 2 atom stereocenters. The van der Waals surface area contributed by atoms with E-state index in [1.807, 2.05) is 6.92 Å². The molecule has 136 valence electrons. The molecule has 1 N–H and O–H groups in total. The number of ether oxygens (including phenoxy) is 1. The highest BCUT2D eigenvalue weighted by molar-refractivity contribution is 7.89. The van der Waals surface area contributed by atoms with Crippen LogP contribution in [0.3, 0.4) is 0 Å². The Labute approximate surface area is 147 Å². The van der Waals surface area contributed by atoms with E-state index in [4.69, 9.17) is 4.74 Å². The molecule has 1 fully saturated rings. The van der Waals surface area contributed by atoms with Crippen LogP contribution in [-0.4, -0.2) is 52.3 Å². The van der Waals surface area contributed by atoms with E-state index in [1.54, 1.807) is 23.9 Å². The van der Waals surface area contributed by atoms with E-state index in [2.05, 4.69) is 10.1 Å². The van der Waals surface area contributed by atoms with E-state index in [0.29, 0.717) is 24.7 Å². The van der Waals surface area contributed by atoms with Gasteiger partial charge in [0.15, 0.2) is 5.82 Å². The largest absolute Gasteiger partial charge is 0.486 e. The molecule has 0 radical (unpaired) electrons. The number of nitrogens with zero attached hydrogens (tertiary/aromatic N) is 4. The van der Waals surface area contributed by atoms with Gasteiger partial charge in [-0.25, -0.2) is 13.4 Å². The van der Waals surface area contributed by atoms with Crippen LogP contribution in [0.1, 0.15) is 12.7 Å². The molecule has 2 heterocycles. The average Bonchev–Trinajstić information content (AvgIpc) is 3.19. The van der Waals surface area contributed by atoms with Crippen molar-refractivity contribution in [3.63, 3.8) is 0 Å². The van der Waals surface area contributed by atoms with Crippen molar-refractivity contribution in [2.75, 3.05) is 19.7 Å². The first kappa shape index (κ1) is 17.8. The summed E-state index contributed by atoms with van der Waals surface area (Å²) in [6, 6.07) is 6.34. The van der Waals surface area contributed by atoms with E-state index >= 15 is 0 Å². The van der Waals surface area contributed by atoms with Gasteiger partial charge >= 0.3 is 0 Å². The van der Waals surface area contributed by atoms with Gasteiger partial charge in [0.1, 0.15) is 18.7 Å². The molecular weight excluding hydrogens is 344 g/mol. The Bertz CT molecular complexity index is 819. The molecule has 3 rings (SSSR count). The molecule has 9 heteroatoms. The fourth-order valence-corrected chi connectivity index (χ4v) is 4.47. The molecule has 0 spiro atoms. The van der Waals surface area contributed by atoms with Crippen LogP contribution < -0.4 is 4.74 Å². The van der Waals surface area contributed by atoms with Gasteiger partial charge in [-0.1, -0.05) is 6.92 Å². The maximum absolute atomic E-state index is 12.7. The summed E-state index contributed by atoms with van der Waals surface area (Å²) in [5.74, 6) is 1.38. The third-order valence-electron chi connectivity index (χ3n) is 4.60. The number of aryl methyl sites for hydroxylation is 1. The van der Waals surface area contributed by atoms with Crippen molar-refractivity contribution in [1.29, 1.82) is 0 Å². The molecular formula is C16H22N4O4S. The van der Waals surface area contributed by atoms with Crippen molar-refractivity contribution >= 4 is 10.0 Å². The van der Waals surface area contributed by atoms with Gasteiger partial charge in [-0.2, -0.15) is 9.40 Å². The molecule has 1 saturated heterocycles. The highest BCUT2D eigenvalue weighted by atomic mass is 32.2. The molecule has 1 aromatic heterocycles. The summed E-state index contributed by atoms with van der Waals surface area (Å²) in [4.78, 5) is 4.29. The highest BCUT2D eigenvalue weighted by Crippen LogP contribution is 2.29. The van der Waals surface area contributed by atoms with Crippen LogP contribution in [0.25, 0.3) is 0 Å². The molecule has 1 aliphatic rings. The maximum atomic E-state index is 12.7. The minimum Gasteiger partial charge on any atom is -0.486 e. The van der Waals surface area contributed by atoms with E-state index in [9.17, 15) is 13.5 Å². The third-order valence-corrected chi connectivity index (χ3v) is 6.45. The summed E-state index contributed by atoms with van der Waals surface area (Å²) in [6.45, 7) is 2.99. The quantitative estimate of drug-likeness (QED) is 0.806. The zero-order valence-corrected chi connectivity index (χ0v) is 15.1. The van der Waals surface area contributed by atoms with Gasteiger partial charge in [-0.15, -0.1) is 0 Å². The van der Waals surface area contributed by atoms with Crippen molar-refractivity contribution < 1.29 is 18.3 Å². The Balaban J connectivity index is 1.68. The molecule has 0 aliphatic carbocycles.